The van der Waals surface area contributed by atoms with Crippen molar-refractivity contribution in [1.82, 2.24) is 4.90 Å². The first kappa shape index (κ1) is 14.5. The Morgan fingerprint density at radius 2 is 2.35 bits per heavy atom. The van der Waals surface area contributed by atoms with Crippen molar-refractivity contribution in [2.45, 2.75) is 58.1 Å². The number of hydrogen-bond donors (Lipinski definition) is 1. The number of hydrogen-bond acceptors (Lipinski definition) is 3. The zero-order valence-corrected chi connectivity index (χ0v) is 11.0. The molecule has 0 saturated carbocycles. The smallest absolute Gasteiger partial charge is 0.248 e. The summed E-state index contributed by atoms with van der Waals surface area (Å²) in [5.74, 6) is 0.0734. The van der Waals surface area contributed by atoms with Crippen LogP contribution < -0.4 is 0 Å². The quantitative estimate of drug-likeness (QED) is 0.690. The van der Waals surface area contributed by atoms with Crippen LogP contribution in [-0.2, 0) is 9.53 Å². The summed E-state index contributed by atoms with van der Waals surface area (Å²) in [7, 11) is 0. The van der Waals surface area contributed by atoms with E-state index in [1.54, 1.807) is 6.92 Å². The molecular weight excluding hydrogens is 218 g/mol. The van der Waals surface area contributed by atoms with E-state index in [4.69, 9.17) is 4.74 Å². The van der Waals surface area contributed by atoms with Crippen molar-refractivity contribution in [2.24, 2.45) is 0 Å². The van der Waals surface area contributed by atoms with Crippen molar-refractivity contribution < 1.29 is 14.6 Å². The maximum absolute atomic E-state index is 11.9. The SMILES string of the molecule is CCCCOCC(=O)N1CCCC1CC(C)O. The van der Waals surface area contributed by atoms with Gasteiger partial charge in [-0.3, -0.25) is 4.79 Å². The Balaban J connectivity index is 2.29. The molecule has 2 unspecified atom stereocenters. The van der Waals surface area contributed by atoms with Crippen LogP contribution in [0.3, 0.4) is 0 Å². The first-order valence-corrected chi connectivity index (χ1v) is 6.70. The highest BCUT2D eigenvalue weighted by molar-refractivity contribution is 5.78. The van der Waals surface area contributed by atoms with Gasteiger partial charge in [0.15, 0.2) is 0 Å². The molecule has 0 radical (unpaired) electrons. The summed E-state index contributed by atoms with van der Waals surface area (Å²) in [4.78, 5) is 13.8. The lowest BCUT2D eigenvalue weighted by Crippen LogP contribution is -2.39. The zero-order chi connectivity index (χ0) is 12.7. The van der Waals surface area contributed by atoms with Gasteiger partial charge in [0.05, 0.1) is 6.10 Å². The Labute approximate surface area is 104 Å². The molecule has 1 rings (SSSR count). The van der Waals surface area contributed by atoms with Crippen molar-refractivity contribution in [3.8, 4) is 0 Å². The molecular formula is C13H25NO3. The molecule has 0 aromatic rings. The van der Waals surface area contributed by atoms with Crippen molar-refractivity contribution in [2.75, 3.05) is 19.8 Å². The molecule has 1 N–H and O–H groups in total. The minimum Gasteiger partial charge on any atom is -0.393 e. The number of nitrogens with zero attached hydrogens (tertiary/aromatic N) is 1. The number of carbonyl (C=O) groups is 1. The van der Waals surface area contributed by atoms with E-state index in [-0.39, 0.29) is 24.7 Å². The van der Waals surface area contributed by atoms with Gasteiger partial charge in [0.2, 0.25) is 5.91 Å². The van der Waals surface area contributed by atoms with Gasteiger partial charge < -0.3 is 14.7 Å². The van der Waals surface area contributed by atoms with Crippen LogP contribution in [0.25, 0.3) is 0 Å². The van der Waals surface area contributed by atoms with E-state index in [0.717, 1.165) is 32.2 Å². The third-order valence-corrected chi connectivity index (χ3v) is 3.18. The van der Waals surface area contributed by atoms with Crippen LogP contribution in [-0.4, -0.2) is 47.8 Å². The third kappa shape index (κ3) is 5.04. The van der Waals surface area contributed by atoms with E-state index in [1.165, 1.54) is 0 Å². The highest BCUT2D eigenvalue weighted by Crippen LogP contribution is 2.21. The normalized spacial score (nSPS) is 21.8. The fraction of sp³-hybridized carbons (Fsp3) is 0.923. The van der Waals surface area contributed by atoms with Crippen LogP contribution in [0.1, 0.15) is 46.0 Å². The molecule has 1 amide bonds. The van der Waals surface area contributed by atoms with Crippen molar-refractivity contribution in [3.63, 3.8) is 0 Å². The molecule has 17 heavy (non-hydrogen) atoms. The highest BCUT2D eigenvalue weighted by atomic mass is 16.5. The summed E-state index contributed by atoms with van der Waals surface area (Å²) in [6.45, 7) is 5.55. The van der Waals surface area contributed by atoms with Gasteiger partial charge in [-0.2, -0.15) is 0 Å². The van der Waals surface area contributed by atoms with E-state index in [9.17, 15) is 9.90 Å². The van der Waals surface area contributed by atoms with Crippen LogP contribution in [0.15, 0.2) is 0 Å². The Bertz CT molecular complexity index is 231. The fourth-order valence-electron chi connectivity index (χ4n) is 2.29. The van der Waals surface area contributed by atoms with Gasteiger partial charge in [-0.15, -0.1) is 0 Å². The molecule has 1 fully saturated rings. The second-order valence-corrected chi connectivity index (χ2v) is 4.87. The molecule has 0 aromatic carbocycles. The number of aliphatic hydroxyl groups is 1. The van der Waals surface area contributed by atoms with Gasteiger partial charge in [-0.25, -0.2) is 0 Å². The summed E-state index contributed by atoms with van der Waals surface area (Å²) in [6, 6.07) is 0.206. The van der Waals surface area contributed by atoms with Crippen LogP contribution >= 0.6 is 0 Å². The maximum atomic E-state index is 11.9. The van der Waals surface area contributed by atoms with Crippen molar-refractivity contribution >= 4 is 5.91 Å². The first-order valence-electron chi connectivity index (χ1n) is 6.70. The average molecular weight is 243 g/mol. The maximum Gasteiger partial charge on any atom is 0.248 e. The first-order chi connectivity index (χ1) is 8.15. The molecule has 0 aliphatic carbocycles. The van der Waals surface area contributed by atoms with Crippen LogP contribution in [0.2, 0.25) is 0 Å². The van der Waals surface area contributed by atoms with Gasteiger partial charge in [0.25, 0.3) is 0 Å². The largest absolute Gasteiger partial charge is 0.393 e. The Hall–Kier alpha value is -0.610. The predicted octanol–water partition coefficient (Wildman–Crippen LogP) is 1.56. The Morgan fingerprint density at radius 3 is 3.00 bits per heavy atom. The molecule has 100 valence electrons. The van der Waals surface area contributed by atoms with E-state index in [0.29, 0.717) is 13.0 Å². The van der Waals surface area contributed by atoms with E-state index < -0.39 is 0 Å². The van der Waals surface area contributed by atoms with Crippen molar-refractivity contribution in [3.05, 3.63) is 0 Å². The fourth-order valence-corrected chi connectivity index (χ4v) is 2.29. The van der Waals surface area contributed by atoms with Gasteiger partial charge >= 0.3 is 0 Å². The molecule has 1 heterocycles. The monoisotopic (exact) mass is 243 g/mol. The van der Waals surface area contributed by atoms with Gasteiger partial charge in [0.1, 0.15) is 6.61 Å². The van der Waals surface area contributed by atoms with Crippen LogP contribution in [0, 0.1) is 0 Å². The summed E-state index contributed by atoms with van der Waals surface area (Å²) < 4.78 is 5.35. The number of carbonyl (C=O) groups excluding carboxylic acids is 1. The minimum atomic E-state index is -0.339. The molecule has 1 aliphatic rings. The van der Waals surface area contributed by atoms with E-state index in [1.807, 2.05) is 4.90 Å². The van der Waals surface area contributed by atoms with Gasteiger partial charge in [0, 0.05) is 19.2 Å². The molecule has 0 aromatic heterocycles. The minimum absolute atomic E-state index is 0.0734. The lowest BCUT2D eigenvalue weighted by Gasteiger charge is -2.25. The molecule has 0 spiro atoms. The van der Waals surface area contributed by atoms with Crippen molar-refractivity contribution in [1.29, 1.82) is 0 Å². The lowest BCUT2D eigenvalue weighted by atomic mass is 10.1. The molecule has 1 aliphatic heterocycles. The molecule has 4 nitrogen and oxygen atoms in total. The molecule has 2 atom stereocenters. The van der Waals surface area contributed by atoms with E-state index >= 15 is 0 Å². The zero-order valence-electron chi connectivity index (χ0n) is 11.0. The number of ether oxygens (including phenoxy) is 1. The number of rotatable bonds is 7. The average Bonchev–Trinajstić information content (AvgIpc) is 2.71. The highest BCUT2D eigenvalue weighted by Gasteiger charge is 2.29. The van der Waals surface area contributed by atoms with E-state index in [2.05, 4.69) is 6.92 Å². The summed E-state index contributed by atoms with van der Waals surface area (Å²) in [5, 5.41) is 9.39. The molecule has 0 bridgehead atoms. The Kier molecular flexibility index (Phi) is 6.52. The standard InChI is InChI=1S/C13H25NO3/c1-3-4-8-17-10-13(16)14-7-5-6-12(14)9-11(2)15/h11-12,15H,3-10H2,1-2H3. The second-order valence-electron chi connectivity index (χ2n) is 4.87. The number of amides is 1. The number of aliphatic hydroxyl groups excluding tert-OH is 1. The number of unbranched alkanes of at least 4 members (excludes halogenated alkanes) is 1. The topological polar surface area (TPSA) is 49.8 Å². The number of likely N-dealkylation sites (tertiary alicyclic amines) is 1. The second kappa shape index (κ2) is 7.67. The Morgan fingerprint density at radius 1 is 1.59 bits per heavy atom. The van der Waals surface area contributed by atoms with Gasteiger partial charge in [-0.1, -0.05) is 13.3 Å². The molecule has 4 heteroatoms. The summed E-state index contributed by atoms with van der Waals surface area (Å²) in [6.07, 6.45) is 4.48. The predicted molar refractivity (Wildman–Crippen MR) is 66.8 cm³/mol. The van der Waals surface area contributed by atoms with Gasteiger partial charge in [-0.05, 0) is 32.6 Å². The van der Waals surface area contributed by atoms with Crippen LogP contribution in [0.4, 0.5) is 0 Å². The third-order valence-electron chi connectivity index (χ3n) is 3.18. The lowest BCUT2D eigenvalue weighted by molar-refractivity contribution is -0.137. The molecule has 1 saturated heterocycles. The summed E-state index contributed by atoms with van der Waals surface area (Å²) >= 11 is 0. The summed E-state index contributed by atoms with van der Waals surface area (Å²) in [5.41, 5.74) is 0. The van der Waals surface area contributed by atoms with Crippen LogP contribution in [0.5, 0.6) is 0 Å².